The second-order valence-electron chi connectivity index (χ2n) is 2.57. The van der Waals surface area contributed by atoms with Gasteiger partial charge in [0.15, 0.2) is 17.4 Å². The van der Waals surface area contributed by atoms with Gasteiger partial charge in [-0.15, -0.1) is 78.1 Å². The Morgan fingerprint density at radius 1 is 0.296 bits per heavy atom. The van der Waals surface area contributed by atoms with E-state index in [-0.39, 0.29) is 40.4 Å². The first-order valence-electron chi connectivity index (χ1n) is 3.91. The van der Waals surface area contributed by atoms with Gasteiger partial charge in [0.25, 0.3) is 0 Å². The van der Waals surface area contributed by atoms with Crippen molar-refractivity contribution >= 4 is 40.4 Å². The minimum Gasteiger partial charge on any atom is -0.529 e. The first kappa shape index (κ1) is 45.8. The summed E-state index contributed by atoms with van der Waals surface area (Å²) in [7, 11) is 0. The van der Waals surface area contributed by atoms with Crippen LogP contribution in [-0.2, 0) is 0 Å². The van der Waals surface area contributed by atoms with Crippen molar-refractivity contribution in [1.29, 1.82) is 0 Å². The van der Waals surface area contributed by atoms with Crippen molar-refractivity contribution < 1.29 is 104 Å². The fourth-order valence-electron chi connectivity index (χ4n) is 0. The summed E-state index contributed by atoms with van der Waals surface area (Å²) in [5.74, 6) is 0. The summed E-state index contributed by atoms with van der Waals surface area (Å²) in [6, 6.07) is 0. The third kappa shape index (κ3) is 174000. The highest BCUT2D eigenvalue weighted by molar-refractivity contribution is 5.76. The fourth-order valence-corrected chi connectivity index (χ4v) is 0. The van der Waals surface area contributed by atoms with Crippen LogP contribution < -0.4 is 0 Å². The summed E-state index contributed by atoms with van der Waals surface area (Å²) in [4.78, 5) is 0. The Balaban J connectivity index is -0.0000000364. The Hall–Kier alpha value is 0.299. The third-order valence-electron chi connectivity index (χ3n) is 0. The normalized spacial score (nSPS) is 11.1. The lowest BCUT2D eigenvalue weighted by molar-refractivity contribution is -1.34. The molecule has 0 radical (unpaired) electrons. The molecule has 0 aliphatic heterocycles. The van der Waals surface area contributed by atoms with Crippen LogP contribution in [0.15, 0.2) is 0 Å². The molecule has 0 atom stereocenters. The van der Waals surface area contributed by atoms with E-state index in [4.69, 9.17) is 104 Å². The maximum Gasteiger partial charge on any atom is 0.316 e. The van der Waals surface area contributed by atoms with Crippen LogP contribution in [0.5, 0.6) is 0 Å². The zero-order valence-electron chi connectivity index (χ0n) is 11.0. The fraction of sp³-hybridized carbons (Fsp3) is 0. The smallest absolute Gasteiger partial charge is 0.316 e. The minimum absolute atomic E-state index is 0. The summed E-state index contributed by atoms with van der Waals surface area (Å²) in [5, 5.41) is 132. The molecule has 0 saturated carbocycles. The van der Waals surface area contributed by atoms with Crippen molar-refractivity contribution in [3.63, 3.8) is 0 Å². The molecular weight excluding hydrogens is 441 g/mol. The van der Waals surface area contributed by atoms with E-state index in [0.29, 0.717) is 0 Å². The predicted octanol–water partition coefficient (Wildman–Crippen LogP) is -4.76. The van der Waals surface area contributed by atoms with Crippen molar-refractivity contribution in [3.8, 4) is 0 Å². The van der Waals surface area contributed by atoms with E-state index >= 15 is 0 Å². The van der Waals surface area contributed by atoms with Crippen LogP contribution in [0.2, 0.25) is 0 Å². The highest BCUT2D eigenvalue weighted by Gasteiger charge is 1.94. The summed E-state index contributed by atoms with van der Waals surface area (Å²) in [6.45, 7) is 0. The molecule has 27 heteroatoms. The Bertz CT molecular complexity index is 178. The molecule has 15 N–H and O–H groups in total. The summed E-state index contributed by atoms with van der Waals surface area (Å²) in [5.41, 5.74) is 0. The van der Waals surface area contributed by atoms with Crippen LogP contribution >= 0.6 is 0 Å². The molecule has 0 fully saturated rings. The lowest BCUT2D eigenvalue weighted by atomic mass is 12.8. The summed E-state index contributed by atoms with van der Waals surface area (Å²) >= 11 is 0. The Labute approximate surface area is 170 Å². The van der Waals surface area contributed by atoms with Gasteiger partial charge in [-0.25, -0.2) is 0 Å². The van der Waals surface area contributed by atoms with E-state index in [1.54, 1.807) is 0 Å². The second-order valence-corrected chi connectivity index (χ2v) is 2.57. The van der Waals surface area contributed by atoms with Crippen LogP contribution in [0, 0.1) is 26.0 Å². The molecule has 0 aliphatic carbocycles. The molecule has 0 aromatic rings. The average molecular weight is 461 g/mol. The van der Waals surface area contributed by atoms with Crippen molar-refractivity contribution in [1.82, 2.24) is 0 Å². The Kier molecular flexibility index (Phi) is 31.1. The predicted molar refractivity (Wildman–Crippen MR) is 63.4 cm³/mol. The van der Waals surface area contributed by atoms with Gasteiger partial charge >= 0.3 is 23.1 Å². The Morgan fingerprint density at radius 2 is 0.296 bits per heavy atom. The van der Waals surface area contributed by atoms with Crippen LogP contribution in [0.4, 0.5) is 0 Å². The van der Waals surface area contributed by atoms with Crippen molar-refractivity contribution in [2.24, 2.45) is 0 Å². The van der Waals surface area contributed by atoms with Gasteiger partial charge in [0, 0.05) is 0 Å². The largest absolute Gasteiger partial charge is 0.529 e. The van der Waals surface area contributed by atoms with E-state index in [0.717, 1.165) is 0 Å². The lowest BCUT2D eigenvalue weighted by Gasteiger charge is -2.10. The zero-order valence-corrected chi connectivity index (χ0v) is 11.0. The van der Waals surface area contributed by atoms with Gasteiger partial charge in [-0.05, 0) is 0 Å². The van der Waals surface area contributed by atoms with Crippen LogP contribution in [0.1, 0.15) is 0 Å². The molecule has 0 aliphatic rings. The van der Waals surface area contributed by atoms with Crippen LogP contribution in [-0.4, -0.2) is 144 Å². The number of rotatable bonds is 0. The molecule has 27 heavy (non-hydrogen) atoms. The maximum atomic E-state index is 8.71. The zero-order chi connectivity index (χ0) is 22.5. The third-order valence-corrected chi connectivity index (χ3v) is 0. The standard InChI is InChI=1S/Al.Mg.5H3NO4.5H/c;;5*2-1(3,4)5;;;;;/h;;5*2-4H;;;;;. The van der Waals surface area contributed by atoms with Gasteiger partial charge in [0.2, 0.25) is 0 Å². The molecule has 0 aromatic carbocycles. The van der Waals surface area contributed by atoms with Gasteiger partial charge in [-0.1, -0.05) is 0 Å². The molecule has 0 spiro atoms. The van der Waals surface area contributed by atoms with Crippen molar-refractivity contribution in [2.45, 2.75) is 0 Å². The molecule has 0 aromatic heterocycles. The number of nitrogens with zero attached hydrogens (tertiary/aromatic N) is 5. The average Bonchev–Trinajstić information content (AvgIpc) is 1.79. The SMILES string of the molecule is [AlH3].[MgH2].[O-][N+](O)(O)O.[O-][N+](O)(O)O.[O-][N+](O)(O)O.[O-][N+](O)(O)O.[O-][N+](O)(O)O. The molecular formula is H20AlMgN5O20. The maximum absolute atomic E-state index is 8.71. The van der Waals surface area contributed by atoms with Gasteiger partial charge in [0.05, 0.1) is 25.7 Å². The molecule has 0 heterocycles. The van der Waals surface area contributed by atoms with E-state index < -0.39 is 25.7 Å². The van der Waals surface area contributed by atoms with Gasteiger partial charge < -0.3 is 26.0 Å². The first-order chi connectivity index (χ1) is 10.0. The van der Waals surface area contributed by atoms with Gasteiger partial charge in [-0.3, -0.25) is 0 Å². The van der Waals surface area contributed by atoms with Crippen LogP contribution in [0.25, 0.3) is 0 Å². The number of hydrogen-bond acceptors (Lipinski definition) is 20. The molecule has 170 valence electrons. The van der Waals surface area contributed by atoms with Gasteiger partial charge in [-0.2, -0.15) is 0 Å². The molecule has 0 bridgehead atoms. The topological polar surface area (TPSA) is 419 Å². The molecule has 0 amide bonds. The van der Waals surface area contributed by atoms with Crippen molar-refractivity contribution in [2.75, 3.05) is 0 Å². The van der Waals surface area contributed by atoms with Crippen molar-refractivity contribution in [3.05, 3.63) is 26.0 Å². The lowest BCUT2D eigenvalue weighted by Crippen LogP contribution is -2.28. The summed E-state index contributed by atoms with van der Waals surface area (Å²) in [6.07, 6.45) is 0. The number of hydrogen-bond donors (Lipinski definition) is 15. The number of quaternary nitrogens is 5. The molecule has 0 saturated heterocycles. The highest BCUT2D eigenvalue weighted by Crippen LogP contribution is 1.75. The first-order valence-corrected chi connectivity index (χ1v) is 3.91. The quantitative estimate of drug-likeness (QED) is 0.0913. The second kappa shape index (κ2) is 18.3. The monoisotopic (exact) mass is 461 g/mol. The van der Waals surface area contributed by atoms with Crippen LogP contribution in [0.3, 0.4) is 0 Å². The van der Waals surface area contributed by atoms with E-state index in [9.17, 15) is 0 Å². The molecule has 0 unspecified atom stereocenters. The highest BCUT2D eigenvalue weighted by atomic mass is 27.0. The van der Waals surface area contributed by atoms with E-state index in [1.165, 1.54) is 0 Å². The minimum atomic E-state index is -3.25. The molecule has 25 nitrogen and oxygen atoms in total. The summed E-state index contributed by atoms with van der Waals surface area (Å²) < 4.78 is 0. The molecule has 0 rings (SSSR count). The van der Waals surface area contributed by atoms with Gasteiger partial charge in [0.1, 0.15) is 0 Å². The Morgan fingerprint density at radius 3 is 0.296 bits per heavy atom. The van der Waals surface area contributed by atoms with E-state index in [2.05, 4.69) is 0 Å². The van der Waals surface area contributed by atoms with E-state index in [1.807, 2.05) is 0 Å².